The summed E-state index contributed by atoms with van der Waals surface area (Å²) in [6.45, 7) is 3.67. The van der Waals surface area contributed by atoms with Crippen LogP contribution in [-0.2, 0) is 0 Å². The summed E-state index contributed by atoms with van der Waals surface area (Å²) in [6.07, 6.45) is 0. The van der Waals surface area contributed by atoms with Crippen LogP contribution in [0.4, 0.5) is 0 Å². The summed E-state index contributed by atoms with van der Waals surface area (Å²) in [6, 6.07) is 12.0. The van der Waals surface area contributed by atoms with Crippen LogP contribution in [0.25, 0.3) is 16.8 Å². The minimum absolute atomic E-state index is 0.475. The second-order valence-electron chi connectivity index (χ2n) is 4.54. The van der Waals surface area contributed by atoms with Crippen molar-refractivity contribution in [2.24, 2.45) is 0 Å². The highest BCUT2D eigenvalue weighted by Gasteiger charge is 2.19. The van der Waals surface area contributed by atoms with Crippen LogP contribution in [0, 0.1) is 25.2 Å². The van der Waals surface area contributed by atoms with Gasteiger partial charge in [-0.3, -0.25) is 0 Å². The number of benzene rings is 1. The number of fused-ring (bicyclic) bond motifs is 1. The van der Waals surface area contributed by atoms with Gasteiger partial charge < -0.3 is 0 Å². The van der Waals surface area contributed by atoms with E-state index in [1.165, 1.54) is 4.52 Å². The van der Waals surface area contributed by atoms with Crippen molar-refractivity contribution in [3.8, 4) is 17.2 Å². The minimum Gasteiger partial charge on any atom is -0.211 e. The molecule has 0 aliphatic carbocycles. The van der Waals surface area contributed by atoms with Crippen LogP contribution in [-0.4, -0.2) is 14.6 Å². The second-order valence-corrected chi connectivity index (χ2v) is 4.90. The number of aromatic nitrogens is 3. The number of nitrogens with zero attached hydrogens (tertiary/aromatic N) is 4. The number of rotatable bonds is 1. The fraction of sp³-hybridized carbons (Fsp3) is 0.133. The third kappa shape index (κ3) is 1.75. The number of pyridine rings is 1. The average Bonchev–Trinajstić information content (AvgIpc) is 2.82. The first-order valence-electron chi connectivity index (χ1n) is 6.14. The third-order valence-electron chi connectivity index (χ3n) is 3.25. The molecule has 0 aliphatic rings. The summed E-state index contributed by atoms with van der Waals surface area (Å²) in [4.78, 5) is 4.29. The second kappa shape index (κ2) is 4.62. The van der Waals surface area contributed by atoms with Gasteiger partial charge >= 0.3 is 0 Å². The molecule has 1 aromatic carbocycles. The lowest BCUT2D eigenvalue weighted by Gasteiger charge is -2.11. The normalized spacial score (nSPS) is 10.7. The van der Waals surface area contributed by atoms with Crippen molar-refractivity contribution in [2.45, 2.75) is 13.8 Å². The molecule has 98 valence electrons. The SMILES string of the molecule is Cc1nc2c(C#N)c(C)c(-c3ccccc3)c(Cl)n2n1. The molecule has 0 radical (unpaired) electrons. The number of hydrogen-bond acceptors (Lipinski definition) is 3. The van der Waals surface area contributed by atoms with Gasteiger partial charge in [-0.25, -0.2) is 9.50 Å². The van der Waals surface area contributed by atoms with Crippen molar-refractivity contribution in [2.75, 3.05) is 0 Å². The summed E-state index contributed by atoms with van der Waals surface area (Å²) >= 11 is 6.47. The molecule has 4 nitrogen and oxygen atoms in total. The zero-order valence-corrected chi connectivity index (χ0v) is 11.8. The van der Waals surface area contributed by atoms with Crippen molar-refractivity contribution in [1.29, 1.82) is 5.26 Å². The Kier molecular flexibility index (Phi) is 2.92. The van der Waals surface area contributed by atoms with Gasteiger partial charge in [0.05, 0.1) is 0 Å². The lowest BCUT2D eigenvalue weighted by molar-refractivity contribution is 0.929. The zero-order valence-electron chi connectivity index (χ0n) is 11.1. The van der Waals surface area contributed by atoms with E-state index in [4.69, 9.17) is 11.6 Å². The van der Waals surface area contributed by atoms with E-state index in [0.717, 1.165) is 16.7 Å². The molecule has 5 heteroatoms. The van der Waals surface area contributed by atoms with Crippen LogP contribution in [0.5, 0.6) is 0 Å². The fourth-order valence-electron chi connectivity index (χ4n) is 2.34. The molecule has 20 heavy (non-hydrogen) atoms. The summed E-state index contributed by atoms with van der Waals surface area (Å²) in [5, 5.41) is 14.2. The molecular weight excluding hydrogens is 272 g/mol. The zero-order chi connectivity index (χ0) is 14.3. The highest BCUT2D eigenvalue weighted by atomic mass is 35.5. The van der Waals surface area contributed by atoms with Gasteiger partial charge in [0.2, 0.25) is 0 Å². The van der Waals surface area contributed by atoms with Crippen molar-refractivity contribution >= 4 is 17.2 Å². The molecule has 0 unspecified atom stereocenters. The van der Waals surface area contributed by atoms with Crippen molar-refractivity contribution in [3.63, 3.8) is 0 Å². The Morgan fingerprint density at radius 2 is 1.90 bits per heavy atom. The van der Waals surface area contributed by atoms with Crippen LogP contribution < -0.4 is 0 Å². The Balaban J connectivity index is 2.47. The van der Waals surface area contributed by atoms with Gasteiger partial charge in [0, 0.05) is 5.56 Å². The molecular formula is C15H11ClN4. The topological polar surface area (TPSA) is 54.0 Å². The van der Waals surface area contributed by atoms with Gasteiger partial charge in [0.15, 0.2) is 5.65 Å². The summed E-state index contributed by atoms with van der Waals surface area (Å²) in [5.41, 5.74) is 3.62. The summed E-state index contributed by atoms with van der Waals surface area (Å²) in [5.74, 6) is 0.591. The molecule has 3 aromatic rings. The molecule has 0 aliphatic heterocycles. The van der Waals surface area contributed by atoms with E-state index in [9.17, 15) is 5.26 Å². The first-order chi connectivity index (χ1) is 9.63. The van der Waals surface area contributed by atoms with Crippen LogP contribution in [0.2, 0.25) is 5.15 Å². The maximum absolute atomic E-state index is 9.41. The van der Waals surface area contributed by atoms with Gasteiger partial charge in [-0.1, -0.05) is 41.9 Å². The average molecular weight is 283 g/mol. The van der Waals surface area contributed by atoms with Crippen molar-refractivity contribution in [3.05, 3.63) is 52.4 Å². The maximum Gasteiger partial charge on any atom is 0.175 e. The third-order valence-corrected chi connectivity index (χ3v) is 3.60. The highest BCUT2D eigenvalue weighted by molar-refractivity contribution is 6.32. The van der Waals surface area contributed by atoms with E-state index in [2.05, 4.69) is 16.2 Å². The van der Waals surface area contributed by atoms with Crippen LogP contribution in [0.3, 0.4) is 0 Å². The molecule has 0 saturated carbocycles. The highest BCUT2D eigenvalue weighted by Crippen LogP contribution is 2.34. The molecule has 0 bridgehead atoms. The minimum atomic E-state index is 0.475. The fourth-order valence-corrected chi connectivity index (χ4v) is 2.71. The number of nitriles is 1. The molecule has 0 fully saturated rings. The summed E-state index contributed by atoms with van der Waals surface area (Å²) in [7, 11) is 0. The number of aryl methyl sites for hydroxylation is 1. The van der Waals surface area contributed by atoms with Crippen LogP contribution in [0.15, 0.2) is 30.3 Å². The van der Waals surface area contributed by atoms with E-state index >= 15 is 0 Å². The molecule has 2 heterocycles. The predicted molar refractivity (Wildman–Crippen MR) is 77.6 cm³/mol. The quantitative estimate of drug-likeness (QED) is 0.642. The van der Waals surface area contributed by atoms with E-state index in [1.807, 2.05) is 37.3 Å². The first-order valence-corrected chi connectivity index (χ1v) is 6.52. The van der Waals surface area contributed by atoms with E-state index in [-0.39, 0.29) is 0 Å². The molecule has 0 spiro atoms. The Labute approximate surface area is 121 Å². The standard InChI is InChI=1S/C15H11ClN4/c1-9-12(8-17)15-18-10(2)19-20(15)14(16)13(9)11-6-4-3-5-7-11/h3-7H,1-2H3. The van der Waals surface area contributed by atoms with Gasteiger partial charge in [0.25, 0.3) is 0 Å². The lowest BCUT2D eigenvalue weighted by atomic mass is 9.99. The number of hydrogen-bond donors (Lipinski definition) is 0. The predicted octanol–water partition coefficient (Wildman–Crippen LogP) is 3.54. The lowest BCUT2D eigenvalue weighted by Crippen LogP contribution is -2.00. The number of halogens is 1. The maximum atomic E-state index is 9.41. The molecule has 3 rings (SSSR count). The van der Waals surface area contributed by atoms with Gasteiger partial charge in [-0.15, -0.1) is 0 Å². The van der Waals surface area contributed by atoms with Crippen LogP contribution in [0.1, 0.15) is 17.0 Å². The Morgan fingerprint density at radius 1 is 1.20 bits per heavy atom. The smallest absolute Gasteiger partial charge is 0.175 e. The van der Waals surface area contributed by atoms with E-state index in [0.29, 0.717) is 22.2 Å². The van der Waals surface area contributed by atoms with E-state index < -0.39 is 0 Å². The molecule has 0 saturated heterocycles. The van der Waals surface area contributed by atoms with Crippen LogP contribution >= 0.6 is 11.6 Å². The summed E-state index contributed by atoms with van der Waals surface area (Å²) < 4.78 is 1.53. The van der Waals surface area contributed by atoms with E-state index in [1.54, 1.807) is 6.92 Å². The first kappa shape index (κ1) is 12.6. The Morgan fingerprint density at radius 3 is 2.55 bits per heavy atom. The van der Waals surface area contributed by atoms with Crippen molar-refractivity contribution < 1.29 is 0 Å². The molecule has 2 aromatic heterocycles. The van der Waals surface area contributed by atoms with Gasteiger partial charge in [0.1, 0.15) is 22.6 Å². The van der Waals surface area contributed by atoms with Crippen molar-refractivity contribution in [1.82, 2.24) is 14.6 Å². The molecule has 0 amide bonds. The molecule has 0 atom stereocenters. The van der Waals surface area contributed by atoms with Gasteiger partial charge in [-0.05, 0) is 25.0 Å². The van der Waals surface area contributed by atoms with Gasteiger partial charge in [-0.2, -0.15) is 10.4 Å². The monoisotopic (exact) mass is 282 g/mol. The largest absolute Gasteiger partial charge is 0.211 e. The Bertz CT molecular complexity index is 844. The molecule has 0 N–H and O–H groups in total. The Hall–Kier alpha value is -2.38.